The molecule has 1 atom stereocenters. The number of nitrogens with zero attached hydrogens (tertiary/aromatic N) is 3. The molecule has 0 aliphatic carbocycles. The zero-order chi connectivity index (χ0) is 15.2. The van der Waals surface area contributed by atoms with E-state index in [1.165, 1.54) is 6.42 Å². The number of hydrogen-bond acceptors (Lipinski definition) is 4. The van der Waals surface area contributed by atoms with Gasteiger partial charge in [0.05, 0.1) is 19.6 Å². The Kier molecular flexibility index (Phi) is 5.40. The number of amides is 1. The maximum Gasteiger partial charge on any atom is 0.227 e. The van der Waals surface area contributed by atoms with Gasteiger partial charge in [-0.1, -0.05) is 6.07 Å². The van der Waals surface area contributed by atoms with E-state index in [0.29, 0.717) is 12.5 Å². The van der Waals surface area contributed by atoms with Crippen LogP contribution in [0.5, 0.6) is 0 Å². The largest absolute Gasteiger partial charge is 0.379 e. The number of pyridine rings is 1. The second-order valence-electron chi connectivity index (χ2n) is 6.19. The molecule has 0 bridgehead atoms. The summed E-state index contributed by atoms with van der Waals surface area (Å²) in [4.78, 5) is 21.3. The fourth-order valence-corrected chi connectivity index (χ4v) is 3.38. The molecule has 2 fully saturated rings. The van der Waals surface area contributed by atoms with Crippen molar-refractivity contribution in [2.45, 2.75) is 31.7 Å². The van der Waals surface area contributed by atoms with Crippen molar-refractivity contribution in [1.29, 1.82) is 0 Å². The van der Waals surface area contributed by atoms with Crippen molar-refractivity contribution in [3.05, 3.63) is 30.1 Å². The number of carbonyl (C=O) groups is 1. The van der Waals surface area contributed by atoms with Crippen molar-refractivity contribution >= 4 is 5.91 Å². The molecule has 22 heavy (non-hydrogen) atoms. The molecule has 2 aliphatic heterocycles. The highest BCUT2D eigenvalue weighted by atomic mass is 16.5. The number of rotatable bonds is 4. The van der Waals surface area contributed by atoms with E-state index in [9.17, 15) is 4.79 Å². The summed E-state index contributed by atoms with van der Waals surface area (Å²) in [6.07, 6.45) is 7.47. The summed E-state index contributed by atoms with van der Waals surface area (Å²) >= 11 is 0. The second kappa shape index (κ2) is 7.70. The number of hydrogen-bond donors (Lipinski definition) is 0. The van der Waals surface area contributed by atoms with Crippen LogP contribution >= 0.6 is 0 Å². The van der Waals surface area contributed by atoms with Gasteiger partial charge in [0.25, 0.3) is 0 Å². The Bertz CT molecular complexity index is 474. The normalized spacial score (nSPS) is 23.5. The van der Waals surface area contributed by atoms with Crippen molar-refractivity contribution < 1.29 is 9.53 Å². The van der Waals surface area contributed by atoms with Gasteiger partial charge in [-0.15, -0.1) is 0 Å². The van der Waals surface area contributed by atoms with Crippen LogP contribution in [0.2, 0.25) is 0 Å². The molecule has 0 spiro atoms. The Morgan fingerprint density at radius 2 is 2.14 bits per heavy atom. The van der Waals surface area contributed by atoms with Gasteiger partial charge in [0, 0.05) is 44.6 Å². The van der Waals surface area contributed by atoms with Crippen LogP contribution in [0.1, 0.15) is 24.8 Å². The molecule has 0 aromatic carbocycles. The number of piperidine rings is 1. The summed E-state index contributed by atoms with van der Waals surface area (Å²) in [5.74, 6) is 0.242. The molecule has 1 aromatic heterocycles. The molecule has 1 aromatic rings. The Labute approximate surface area is 132 Å². The third-order valence-electron chi connectivity index (χ3n) is 4.60. The van der Waals surface area contributed by atoms with Gasteiger partial charge in [-0.25, -0.2) is 0 Å². The van der Waals surface area contributed by atoms with Crippen LogP contribution in [-0.4, -0.2) is 66.1 Å². The lowest BCUT2D eigenvalue weighted by molar-refractivity contribution is -0.134. The molecular weight excluding hydrogens is 278 g/mol. The van der Waals surface area contributed by atoms with Gasteiger partial charge in [-0.3, -0.25) is 14.7 Å². The molecule has 2 aliphatic rings. The summed E-state index contributed by atoms with van der Waals surface area (Å²) in [6.45, 7) is 5.49. The van der Waals surface area contributed by atoms with Gasteiger partial charge in [0.1, 0.15) is 0 Å². The quantitative estimate of drug-likeness (QED) is 0.842. The first-order chi connectivity index (χ1) is 10.8. The lowest BCUT2D eigenvalue weighted by atomic mass is 10.00. The molecule has 5 heteroatoms. The van der Waals surface area contributed by atoms with Crippen LogP contribution in [0.15, 0.2) is 24.5 Å². The predicted molar refractivity (Wildman–Crippen MR) is 84.6 cm³/mol. The van der Waals surface area contributed by atoms with Gasteiger partial charge in [-0.2, -0.15) is 0 Å². The molecule has 0 saturated carbocycles. The van der Waals surface area contributed by atoms with Gasteiger partial charge in [-0.05, 0) is 30.9 Å². The molecule has 3 heterocycles. The predicted octanol–water partition coefficient (Wildman–Crippen LogP) is 1.34. The molecule has 5 nitrogen and oxygen atoms in total. The Hall–Kier alpha value is -1.46. The van der Waals surface area contributed by atoms with Crippen LogP contribution in [0, 0.1) is 0 Å². The number of carbonyl (C=O) groups excluding carboxylic acids is 1. The summed E-state index contributed by atoms with van der Waals surface area (Å²) in [6, 6.07) is 4.23. The number of ether oxygens (including phenoxy) is 1. The molecule has 1 amide bonds. The van der Waals surface area contributed by atoms with Gasteiger partial charge >= 0.3 is 0 Å². The van der Waals surface area contributed by atoms with E-state index in [-0.39, 0.29) is 5.91 Å². The minimum Gasteiger partial charge on any atom is -0.379 e. The van der Waals surface area contributed by atoms with Crippen LogP contribution in [0.4, 0.5) is 0 Å². The van der Waals surface area contributed by atoms with Crippen LogP contribution in [-0.2, 0) is 16.0 Å². The van der Waals surface area contributed by atoms with Gasteiger partial charge in [0.15, 0.2) is 0 Å². The van der Waals surface area contributed by atoms with E-state index in [0.717, 1.165) is 57.8 Å². The van der Waals surface area contributed by atoms with E-state index in [1.54, 1.807) is 12.4 Å². The molecule has 3 rings (SSSR count). The fraction of sp³-hybridized carbons (Fsp3) is 0.647. The molecule has 1 unspecified atom stereocenters. The summed E-state index contributed by atoms with van der Waals surface area (Å²) in [5.41, 5.74) is 1.00. The third kappa shape index (κ3) is 4.05. The average Bonchev–Trinajstić information content (AvgIpc) is 2.57. The van der Waals surface area contributed by atoms with Crippen molar-refractivity contribution in [3.8, 4) is 0 Å². The van der Waals surface area contributed by atoms with Crippen LogP contribution in [0.25, 0.3) is 0 Å². The molecule has 2 saturated heterocycles. The van der Waals surface area contributed by atoms with Crippen molar-refractivity contribution in [2.24, 2.45) is 0 Å². The highest BCUT2D eigenvalue weighted by Crippen LogP contribution is 2.19. The Morgan fingerprint density at radius 1 is 1.27 bits per heavy atom. The van der Waals surface area contributed by atoms with Crippen LogP contribution < -0.4 is 0 Å². The number of morpholine rings is 1. The summed E-state index contributed by atoms with van der Waals surface area (Å²) in [5, 5.41) is 0. The van der Waals surface area contributed by atoms with Gasteiger partial charge < -0.3 is 9.64 Å². The Balaban J connectivity index is 1.60. The van der Waals surface area contributed by atoms with Crippen molar-refractivity contribution in [1.82, 2.24) is 14.8 Å². The minimum atomic E-state index is 0.242. The fourth-order valence-electron chi connectivity index (χ4n) is 3.38. The molecule has 0 N–H and O–H groups in total. The van der Waals surface area contributed by atoms with E-state index in [4.69, 9.17) is 4.74 Å². The first kappa shape index (κ1) is 15.4. The smallest absolute Gasteiger partial charge is 0.227 e. The molecule has 120 valence electrons. The summed E-state index contributed by atoms with van der Waals surface area (Å²) in [7, 11) is 0. The maximum absolute atomic E-state index is 12.7. The first-order valence-corrected chi connectivity index (χ1v) is 8.31. The standard InChI is InChI=1S/C17H25N3O2/c21-17(12-15-4-3-6-18-13-15)20-7-2-1-5-16(20)14-19-8-10-22-11-9-19/h3-4,6,13,16H,1-2,5,7-12,14H2. The topological polar surface area (TPSA) is 45.7 Å². The minimum absolute atomic E-state index is 0.242. The first-order valence-electron chi connectivity index (χ1n) is 8.31. The molecule has 0 radical (unpaired) electrons. The number of aromatic nitrogens is 1. The maximum atomic E-state index is 12.7. The van der Waals surface area contributed by atoms with Gasteiger partial charge in [0.2, 0.25) is 5.91 Å². The summed E-state index contributed by atoms with van der Waals surface area (Å²) < 4.78 is 5.41. The van der Waals surface area contributed by atoms with E-state index >= 15 is 0 Å². The van der Waals surface area contributed by atoms with Crippen LogP contribution in [0.3, 0.4) is 0 Å². The lowest BCUT2D eigenvalue weighted by Crippen LogP contribution is -2.51. The zero-order valence-electron chi connectivity index (χ0n) is 13.1. The zero-order valence-corrected chi connectivity index (χ0v) is 13.1. The monoisotopic (exact) mass is 303 g/mol. The van der Waals surface area contributed by atoms with E-state index in [2.05, 4.69) is 14.8 Å². The lowest BCUT2D eigenvalue weighted by Gasteiger charge is -2.39. The Morgan fingerprint density at radius 3 is 2.91 bits per heavy atom. The highest BCUT2D eigenvalue weighted by Gasteiger charge is 2.28. The van der Waals surface area contributed by atoms with Crippen molar-refractivity contribution in [3.63, 3.8) is 0 Å². The molecular formula is C17H25N3O2. The second-order valence-corrected chi connectivity index (χ2v) is 6.19. The number of likely N-dealkylation sites (tertiary alicyclic amines) is 1. The van der Waals surface area contributed by atoms with Crippen molar-refractivity contribution in [2.75, 3.05) is 39.4 Å². The highest BCUT2D eigenvalue weighted by molar-refractivity contribution is 5.79. The SMILES string of the molecule is O=C(Cc1cccnc1)N1CCCCC1CN1CCOCC1. The third-order valence-corrected chi connectivity index (χ3v) is 4.60. The van der Waals surface area contributed by atoms with E-state index < -0.39 is 0 Å². The van der Waals surface area contributed by atoms with E-state index in [1.807, 2.05) is 12.1 Å². The average molecular weight is 303 g/mol.